The third kappa shape index (κ3) is 5.65. The van der Waals surface area contributed by atoms with Gasteiger partial charge in [0.05, 0.1) is 11.1 Å². The second-order valence-electron chi connectivity index (χ2n) is 9.43. The fourth-order valence-electron chi connectivity index (χ4n) is 4.58. The second-order valence-corrected chi connectivity index (χ2v) is 14.8. The maximum atomic E-state index is 12.4. The maximum absolute atomic E-state index is 12.4. The van der Waals surface area contributed by atoms with Crippen LogP contribution in [0.2, 0.25) is 0 Å². The fourth-order valence-corrected chi connectivity index (χ4v) is 8.64. The largest absolute Gasteiger partial charge is 0.292 e. The number of carbonyl (C=O) groups excluding carboxylic acids is 4. The van der Waals surface area contributed by atoms with Crippen LogP contribution in [0, 0.1) is 0 Å². The Morgan fingerprint density at radius 1 is 0.523 bits per heavy atom. The molecule has 14 heteroatoms. The number of benzene rings is 4. The topological polar surface area (TPSA) is 143 Å². The van der Waals surface area contributed by atoms with E-state index >= 15 is 0 Å². The molecule has 10 nitrogen and oxygen atoms in total. The van der Waals surface area contributed by atoms with Gasteiger partial charge in [-0.25, -0.2) is 25.4 Å². The molecule has 0 N–H and O–H groups in total. The Hall–Kier alpha value is -3.98. The van der Waals surface area contributed by atoms with Crippen LogP contribution in [0.25, 0.3) is 0 Å². The van der Waals surface area contributed by atoms with Gasteiger partial charge >= 0.3 is 0 Å². The van der Waals surface area contributed by atoms with E-state index in [4.69, 9.17) is 0 Å². The summed E-state index contributed by atoms with van der Waals surface area (Å²) in [6.07, 6.45) is 0. The Kier molecular flexibility index (Phi) is 8.71. The van der Waals surface area contributed by atoms with Gasteiger partial charge in [-0.05, 0) is 36.4 Å². The van der Waals surface area contributed by atoms with Crippen LogP contribution in [0.1, 0.15) is 41.4 Å². The predicted octanol–water partition coefficient (Wildman–Crippen LogP) is 4.95. The zero-order valence-electron chi connectivity index (χ0n) is 22.4. The van der Waals surface area contributed by atoms with Gasteiger partial charge in [-0.1, -0.05) is 92.5 Å². The van der Waals surface area contributed by atoms with Gasteiger partial charge in [-0.2, -0.15) is 0 Å². The third-order valence-corrected chi connectivity index (χ3v) is 11.7. The maximum Gasteiger partial charge on any atom is 0.269 e. The van der Waals surface area contributed by atoms with E-state index in [1.165, 1.54) is 24.3 Å². The second kappa shape index (κ2) is 12.2. The van der Waals surface area contributed by atoms with Gasteiger partial charge in [0.2, 0.25) is 0 Å². The highest BCUT2D eigenvalue weighted by atomic mass is 79.9. The summed E-state index contributed by atoms with van der Waals surface area (Å²) in [5, 5.41) is 0. The molecule has 2 aliphatic rings. The minimum absolute atomic E-state index is 0.0556. The normalized spacial score (nSPS) is 15.7. The summed E-state index contributed by atoms with van der Waals surface area (Å²) in [4.78, 5) is 49.0. The number of halogens is 2. The van der Waals surface area contributed by atoms with E-state index in [2.05, 4.69) is 31.9 Å². The van der Waals surface area contributed by atoms with E-state index in [0.717, 1.165) is 0 Å². The first-order valence-corrected chi connectivity index (χ1v) is 17.2. The minimum atomic E-state index is -3.96. The quantitative estimate of drug-likeness (QED) is 0.252. The Labute approximate surface area is 269 Å². The lowest BCUT2D eigenvalue weighted by atomic mass is 10.1. The van der Waals surface area contributed by atoms with E-state index in [1.54, 1.807) is 72.8 Å². The van der Waals surface area contributed by atoms with Crippen LogP contribution >= 0.6 is 31.9 Å². The molecule has 4 aromatic carbocycles. The molecule has 4 aromatic rings. The number of amides is 2. The molecular weight excluding hydrogens is 740 g/mol. The first kappa shape index (κ1) is 31.4. The first-order valence-electron chi connectivity index (χ1n) is 12.7. The highest BCUT2D eigenvalue weighted by molar-refractivity contribution is 9.10. The van der Waals surface area contributed by atoms with Gasteiger partial charge < -0.3 is 0 Å². The van der Waals surface area contributed by atoms with Gasteiger partial charge in [0.1, 0.15) is 22.9 Å². The highest BCUT2D eigenvalue weighted by Crippen LogP contribution is 2.31. The average Bonchev–Trinajstić information content (AvgIpc) is 3.32. The van der Waals surface area contributed by atoms with Crippen molar-refractivity contribution in [1.82, 2.24) is 8.61 Å². The molecule has 0 radical (unpaired) electrons. The molecule has 0 aromatic heterocycles. The summed E-state index contributed by atoms with van der Waals surface area (Å²) in [6.45, 7) is -1.03. The monoisotopic (exact) mass is 758 g/mol. The summed E-state index contributed by atoms with van der Waals surface area (Å²) in [5.41, 5.74) is 0.868. The molecule has 2 amide bonds. The number of carbonyl (C=O) groups is 4. The summed E-state index contributed by atoms with van der Waals surface area (Å²) < 4.78 is 51.9. The van der Waals surface area contributed by atoms with E-state index in [9.17, 15) is 36.0 Å². The van der Waals surface area contributed by atoms with Gasteiger partial charge in [0.15, 0.2) is 11.6 Å². The van der Waals surface area contributed by atoms with E-state index in [0.29, 0.717) is 28.7 Å². The summed E-state index contributed by atoms with van der Waals surface area (Å²) >= 11 is 6.49. The predicted molar refractivity (Wildman–Crippen MR) is 166 cm³/mol. The summed E-state index contributed by atoms with van der Waals surface area (Å²) in [5.74, 6) is -2.23. The molecule has 0 unspecified atom stereocenters. The Balaban J connectivity index is 0.000000175. The molecule has 0 spiro atoms. The number of fused-ring (bicyclic) bond motifs is 2. The number of nitrogens with zero attached hydrogens (tertiary/aromatic N) is 2. The van der Waals surface area contributed by atoms with Crippen LogP contribution in [-0.4, -0.2) is 61.9 Å². The number of hydrogen-bond donors (Lipinski definition) is 0. The zero-order chi connectivity index (χ0) is 31.8. The molecule has 2 aliphatic heterocycles. The van der Waals surface area contributed by atoms with Crippen LogP contribution in [0.5, 0.6) is 0 Å². The molecule has 0 aliphatic carbocycles. The summed E-state index contributed by atoms with van der Waals surface area (Å²) in [7, 11) is -7.93. The van der Waals surface area contributed by atoms with Crippen LogP contribution in [0.15, 0.2) is 116 Å². The SMILES string of the molecule is O=C(CN1C(=O)c2ccccc2S1(=O)=O)c1ccccc1Br.O=C(CN1C(=O)c2ccccc2S1(=O)=O)c1ccccc1Br. The molecule has 6 rings (SSSR count). The number of Topliss-reactive ketones (excluding diaryl/α,β-unsaturated/α-hetero) is 2. The number of sulfonamides is 2. The van der Waals surface area contributed by atoms with Crippen molar-refractivity contribution < 1.29 is 36.0 Å². The van der Waals surface area contributed by atoms with Crippen LogP contribution in [-0.2, 0) is 20.0 Å². The standard InChI is InChI=1S/2C15H10BrNO4S/c2*16-12-7-3-1-5-10(12)13(18)9-17-15(19)11-6-2-4-8-14(11)22(17,20)21/h2*1-8H,9H2. The Morgan fingerprint density at radius 2 is 0.841 bits per heavy atom. The Morgan fingerprint density at radius 3 is 1.18 bits per heavy atom. The van der Waals surface area contributed by atoms with E-state index in [1.807, 2.05) is 0 Å². The molecule has 44 heavy (non-hydrogen) atoms. The van der Waals surface area contributed by atoms with Gasteiger partial charge in [-0.3, -0.25) is 19.2 Å². The number of rotatable bonds is 6. The van der Waals surface area contributed by atoms with Crippen molar-refractivity contribution in [3.63, 3.8) is 0 Å². The number of ketones is 2. The van der Waals surface area contributed by atoms with Crippen LogP contribution in [0.3, 0.4) is 0 Å². The first-order chi connectivity index (χ1) is 20.9. The van der Waals surface area contributed by atoms with E-state index in [-0.39, 0.29) is 20.9 Å². The van der Waals surface area contributed by atoms with Crippen LogP contribution < -0.4 is 0 Å². The third-order valence-electron chi connectivity index (χ3n) is 6.75. The molecule has 0 bridgehead atoms. The van der Waals surface area contributed by atoms with Gasteiger partial charge in [-0.15, -0.1) is 0 Å². The molecule has 2 heterocycles. The zero-order valence-corrected chi connectivity index (χ0v) is 27.2. The summed E-state index contributed by atoms with van der Waals surface area (Å²) in [6, 6.07) is 25.2. The van der Waals surface area contributed by atoms with Crippen molar-refractivity contribution >= 4 is 75.3 Å². The van der Waals surface area contributed by atoms with Crippen molar-refractivity contribution in [2.45, 2.75) is 9.79 Å². The molecule has 0 saturated carbocycles. The van der Waals surface area contributed by atoms with Crippen molar-refractivity contribution in [3.05, 3.63) is 128 Å². The molecule has 0 fully saturated rings. The lowest BCUT2D eigenvalue weighted by molar-refractivity contribution is 0.0819. The van der Waals surface area contributed by atoms with Crippen LogP contribution in [0.4, 0.5) is 0 Å². The lowest BCUT2D eigenvalue weighted by Crippen LogP contribution is -2.35. The van der Waals surface area contributed by atoms with Crippen molar-refractivity contribution in [1.29, 1.82) is 0 Å². The minimum Gasteiger partial charge on any atom is -0.292 e. The molecule has 0 atom stereocenters. The molecule has 0 saturated heterocycles. The fraction of sp³-hybridized carbons (Fsp3) is 0.0667. The molecular formula is C30H20Br2N2O8S2. The lowest BCUT2D eigenvalue weighted by Gasteiger charge is -2.14. The van der Waals surface area contributed by atoms with E-state index < -0.39 is 56.5 Å². The Bertz CT molecular complexity index is 1930. The number of hydrogen-bond acceptors (Lipinski definition) is 8. The van der Waals surface area contributed by atoms with Gasteiger partial charge in [0, 0.05) is 20.1 Å². The average molecular weight is 760 g/mol. The van der Waals surface area contributed by atoms with Crippen molar-refractivity contribution in [3.8, 4) is 0 Å². The molecule has 224 valence electrons. The smallest absolute Gasteiger partial charge is 0.269 e. The van der Waals surface area contributed by atoms with Crippen molar-refractivity contribution in [2.75, 3.05) is 13.1 Å². The highest BCUT2D eigenvalue weighted by Gasteiger charge is 2.43. The van der Waals surface area contributed by atoms with Crippen molar-refractivity contribution in [2.24, 2.45) is 0 Å². The van der Waals surface area contributed by atoms with Gasteiger partial charge in [0.25, 0.3) is 31.9 Å².